The molecule has 1 amide bonds. The lowest BCUT2D eigenvalue weighted by Gasteiger charge is -2.24. The van der Waals surface area contributed by atoms with Crippen LogP contribution in [0.1, 0.15) is 18.4 Å². The van der Waals surface area contributed by atoms with Gasteiger partial charge in [-0.3, -0.25) is 9.10 Å². The van der Waals surface area contributed by atoms with Crippen LogP contribution in [0.5, 0.6) is 0 Å². The van der Waals surface area contributed by atoms with Crippen molar-refractivity contribution in [2.75, 3.05) is 31.2 Å². The van der Waals surface area contributed by atoms with Crippen molar-refractivity contribution in [3.63, 3.8) is 0 Å². The van der Waals surface area contributed by atoms with Gasteiger partial charge < -0.3 is 4.90 Å². The Bertz CT molecular complexity index is 615. The van der Waals surface area contributed by atoms with Crippen LogP contribution in [0.25, 0.3) is 0 Å². The summed E-state index contributed by atoms with van der Waals surface area (Å²) in [4.78, 5) is 13.1. The molecule has 0 radical (unpaired) electrons. The summed E-state index contributed by atoms with van der Waals surface area (Å²) in [5.74, 6) is -0.0220. The molecule has 0 atom stereocenters. The van der Waals surface area contributed by atoms with Gasteiger partial charge in [-0.25, -0.2) is 8.42 Å². The molecule has 5 nitrogen and oxygen atoms in total. The molecule has 0 aromatic heterocycles. The van der Waals surface area contributed by atoms with Crippen molar-refractivity contribution in [2.24, 2.45) is 0 Å². The number of anilines is 1. The van der Waals surface area contributed by atoms with Crippen LogP contribution in [0.3, 0.4) is 0 Å². The topological polar surface area (TPSA) is 57.7 Å². The molecular formula is C14H21ClN2O3S. The first-order valence-electron chi connectivity index (χ1n) is 6.57. The number of carbonyl (C=O) groups is 1. The molecule has 0 saturated heterocycles. The average Bonchev–Trinajstić information content (AvgIpc) is 2.36. The Kier molecular flexibility index (Phi) is 6.04. The van der Waals surface area contributed by atoms with Gasteiger partial charge in [-0.2, -0.15) is 0 Å². The SMILES string of the molecule is Cc1ccc(Cl)cc1N(CCCC(=O)N(C)C)S(C)(=O)=O. The maximum Gasteiger partial charge on any atom is 0.232 e. The standard InChI is InChI=1S/C14H21ClN2O3S/c1-11-7-8-12(15)10-13(11)17(21(4,19)20)9-5-6-14(18)16(2)3/h7-8,10H,5-6,9H2,1-4H3. The number of rotatable bonds is 6. The molecule has 0 N–H and O–H groups in total. The zero-order valence-corrected chi connectivity index (χ0v) is 14.3. The van der Waals surface area contributed by atoms with Gasteiger partial charge in [0.1, 0.15) is 0 Å². The number of aryl methyl sites for hydroxylation is 1. The summed E-state index contributed by atoms with van der Waals surface area (Å²) in [6, 6.07) is 5.13. The first-order chi connectivity index (χ1) is 9.62. The van der Waals surface area contributed by atoms with Crippen LogP contribution < -0.4 is 4.31 Å². The van der Waals surface area contributed by atoms with Crippen molar-refractivity contribution in [1.29, 1.82) is 0 Å². The molecule has 0 bridgehead atoms. The lowest BCUT2D eigenvalue weighted by atomic mass is 10.2. The highest BCUT2D eigenvalue weighted by atomic mass is 35.5. The molecule has 0 aliphatic rings. The van der Waals surface area contributed by atoms with Gasteiger partial charge in [0.25, 0.3) is 0 Å². The number of benzene rings is 1. The normalized spacial score (nSPS) is 11.3. The molecule has 21 heavy (non-hydrogen) atoms. The zero-order valence-electron chi connectivity index (χ0n) is 12.8. The van der Waals surface area contributed by atoms with Crippen molar-refractivity contribution < 1.29 is 13.2 Å². The van der Waals surface area contributed by atoms with E-state index in [0.29, 0.717) is 23.6 Å². The number of halogens is 1. The van der Waals surface area contributed by atoms with Crippen LogP contribution >= 0.6 is 11.6 Å². The predicted octanol–water partition coefficient (Wildman–Crippen LogP) is 2.28. The summed E-state index contributed by atoms with van der Waals surface area (Å²) in [5, 5.41) is 0.480. The van der Waals surface area contributed by atoms with Gasteiger partial charge in [-0.1, -0.05) is 17.7 Å². The number of hydrogen-bond donors (Lipinski definition) is 0. The Balaban J connectivity index is 2.93. The van der Waals surface area contributed by atoms with E-state index in [0.717, 1.165) is 11.8 Å². The molecule has 1 aromatic carbocycles. The maximum absolute atomic E-state index is 12.0. The van der Waals surface area contributed by atoms with Gasteiger partial charge in [0.2, 0.25) is 15.9 Å². The highest BCUT2D eigenvalue weighted by Gasteiger charge is 2.19. The molecule has 1 rings (SSSR count). The Hall–Kier alpha value is -1.27. The van der Waals surface area contributed by atoms with Gasteiger partial charge in [0.15, 0.2) is 0 Å². The average molecular weight is 333 g/mol. The molecule has 7 heteroatoms. The third-order valence-corrected chi connectivity index (χ3v) is 4.51. The van der Waals surface area contributed by atoms with Crippen molar-refractivity contribution in [1.82, 2.24) is 4.90 Å². The summed E-state index contributed by atoms with van der Waals surface area (Å²) < 4.78 is 25.3. The number of nitrogens with zero attached hydrogens (tertiary/aromatic N) is 2. The molecule has 0 unspecified atom stereocenters. The van der Waals surface area contributed by atoms with E-state index in [9.17, 15) is 13.2 Å². The fraction of sp³-hybridized carbons (Fsp3) is 0.500. The second-order valence-corrected chi connectivity index (χ2v) is 7.50. The molecule has 0 spiro atoms. The quantitative estimate of drug-likeness (QED) is 0.803. The van der Waals surface area contributed by atoms with Gasteiger partial charge >= 0.3 is 0 Å². The second-order valence-electron chi connectivity index (χ2n) is 5.16. The Morgan fingerprint density at radius 3 is 2.43 bits per heavy atom. The van der Waals surface area contributed by atoms with E-state index in [1.54, 1.807) is 32.3 Å². The molecule has 0 saturated carbocycles. The highest BCUT2D eigenvalue weighted by Crippen LogP contribution is 2.26. The molecule has 118 valence electrons. The fourth-order valence-corrected chi connectivity index (χ4v) is 3.09. The van der Waals surface area contributed by atoms with Gasteiger partial charge in [-0.15, -0.1) is 0 Å². The molecule has 0 aliphatic heterocycles. The predicted molar refractivity (Wildman–Crippen MR) is 86.3 cm³/mol. The lowest BCUT2D eigenvalue weighted by Crippen LogP contribution is -2.32. The van der Waals surface area contributed by atoms with Crippen molar-refractivity contribution in [2.45, 2.75) is 19.8 Å². The van der Waals surface area contributed by atoms with Gasteiger partial charge in [-0.05, 0) is 31.0 Å². The van der Waals surface area contributed by atoms with E-state index >= 15 is 0 Å². The Labute approximate surface area is 131 Å². The van der Waals surface area contributed by atoms with Crippen molar-refractivity contribution in [3.05, 3.63) is 28.8 Å². The third-order valence-electron chi connectivity index (χ3n) is 3.09. The minimum atomic E-state index is -3.43. The largest absolute Gasteiger partial charge is 0.349 e. The van der Waals surface area contributed by atoms with E-state index in [4.69, 9.17) is 11.6 Å². The highest BCUT2D eigenvalue weighted by molar-refractivity contribution is 7.92. The Morgan fingerprint density at radius 1 is 1.29 bits per heavy atom. The summed E-state index contributed by atoms with van der Waals surface area (Å²) in [7, 11) is -0.0689. The van der Waals surface area contributed by atoms with Crippen molar-refractivity contribution >= 4 is 33.2 Å². The monoisotopic (exact) mass is 332 g/mol. The van der Waals surface area contributed by atoms with E-state index in [2.05, 4.69) is 0 Å². The summed E-state index contributed by atoms with van der Waals surface area (Å²) in [6.45, 7) is 2.08. The number of sulfonamides is 1. The van der Waals surface area contributed by atoms with E-state index in [1.165, 1.54) is 9.21 Å². The zero-order chi connectivity index (χ0) is 16.2. The third kappa shape index (κ3) is 5.21. The van der Waals surface area contributed by atoms with Crippen LogP contribution in [-0.4, -0.2) is 46.1 Å². The molecule has 0 aliphatic carbocycles. The smallest absolute Gasteiger partial charge is 0.232 e. The van der Waals surface area contributed by atoms with Gasteiger partial charge in [0.05, 0.1) is 11.9 Å². The van der Waals surface area contributed by atoms with E-state index in [-0.39, 0.29) is 12.5 Å². The van der Waals surface area contributed by atoms with Crippen molar-refractivity contribution in [3.8, 4) is 0 Å². The van der Waals surface area contributed by atoms with Crippen LogP contribution in [-0.2, 0) is 14.8 Å². The van der Waals surface area contributed by atoms with E-state index < -0.39 is 10.0 Å². The molecule has 1 aromatic rings. The second kappa shape index (κ2) is 7.13. The summed E-state index contributed by atoms with van der Waals surface area (Å²) >= 11 is 5.95. The molecule has 0 heterocycles. The first-order valence-corrected chi connectivity index (χ1v) is 8.79. The van der Waals surface area contributed by atoms with Crippen LogP contribution in [0.2, 0.25) is 5.02 Å². The lowest BCUT2D eigenvalue weighted by molar-refractivity contribution is -0.128. The number of amides is 1. The van der Waals surface area contributed by atoms with Gasteiger partial charge in [0, 0.05) is 32.1 Å². The first kappa shape index (κ1) is 17.8. The van der Waals surface area contributed by atoms with E-state index in [1.807, 2.05) is 6.92 Å². The molecular weight excluding hydrogens is 312 g/mol. The summed E-state index contributed by atoms with van der Waals surface area (Å²) in [5.41, 5.74) is 1.38. The minimum absolute atomic E-state index is 0.0220. The van der Waals surface area contributed by atoms with Crippen LogP contribution in [0.15, 0.2) is 18.2 Å². The fourth-order valence-electron chi connectivity index (χ4n) is 1.91. The maximum atomic E-state index is 12.0. The van der Waals surface area contributed by atoms with Crippen LogP contribution in [0.4, 0.5) is 5.69 Å². The van der Waals surface area contributed by atoms with Crippen LogP contribution in [0, 0.1) is 6.92 Å². The number of carbonyl (C=O) groups excluding carboxylic acids is 1. The minimum Gasteiger partial charge on any atom is -0.349 e. The Morgan fingerprint density at radius 2 is 1.90 bits per heavy atom. The number of hydrogen-bond acceptors (Lipinski definition) is 3. The summed E-state index contributed by atoms with van der Waals surface area (Å²) in [6.07, 6.45) is 1.91. The molecule has 0 fully saturated rings.